The Morgan fingerprint density at radius 1 is 1.10 bits per heavy atom. The van der Waals surface area contributed by atoms with Crippen LogP contribution >= 0.6 is 0 Å². The number of hydrogen-bond donors (Lipinski definition) is 2. The molecule has 3 nitrogen and oxygen atoms in total. The van der Waals surface area contributed by atoms with Crippen molar-refractivity contribution in [3.63, 3.8) is 0 Å². The third-order valence-electron chi connectivity index (χ3n) is 3.27. The number of rotatable bonds is 3. The van der Waals surface area contributed by atoms with Gasteiger partial charge in [-0.2, -0.15) is 0 Å². The second-order valence-electron chi connectivity index (χ2n) is 5.04. The van der Waals surface area contributed by atoms with E-state index in [2.05, 4.69) is 36.5 Å². The average molecular weight is 269 g/mol. The summed E-state index contributed by atoms with van der Waals surface area (Å²) in [6, 6.07) is 12.1. The van der Waals surface area contributed by atoms with Crippen molar-refractivity contribution in [1.29, 1.82) is 0 Å². The van der Waals surface area contributed by atoms with E-state index in [1.54, 1.807) is 0 Å². The van der Waals surface area contributed by atoms with Gasteiger partial charge in [0.1, 0.15) is 0 Å². The maximum atomic E-state index is 10.9. The SMILES string of the molecule is CCc1ccc(NC(=O)O)c(-c2cc(C)cc(C)c2)c1. The van der Waals surface area contributed by atoms with Crippen molar-refractivity contribution in [2.75, 3.05) is 5.32 Å². The number of carbonyl (C=O) groups is 1. The number of amides is 1. The van der Waals surface area contributed by atoms with Gasteiger partial charge in [0.2, 0.25) is 0 Å². The molecule has 0 saturated carbocycles. The Morgan fingerprint density at radius 3 is 2.30 bits per heavy atom. The molecule has 0 spiro atoms. The van der Waals surface area contributed by atoms with Crippen LogP contribution in [0.25, 0.3) is 11.1 Å². The maximum Gasteiger partial charge on any atom is 0.409 e. The van der Waals surface area contributed by atoms with Crippen molar-refractivity contribution in [2.45, 2.75) is 27.2 Å². The summed E-state index contributed by atoms with van der Waals surface area (Å²) in [4.78, 5) is 10.9. The molecule has 0 aliphatic heterocycles. The summed E-state index contributed by atoms with van der Waals surface area (Å²) in [5, 5.41) is 11.4. The summed E-state index contributed by atoms with van der Waals surface area (Å²) < 4.78 is 0. The summed E-state index contributed by atoms with van der Waals surface area (Å²) in [5.74, 6) is 0. The van der Waals surface area contributed by atoms with Gasteiger partial charge < -0.3 is 5.11 Å². The highest BCUT2D eigenvalue weighted by atomic mass is 16.4. The van der Waals surface area contributed by atoms with E-state index in [4.69, 9.17) is 5.11 Å². The van der Waals surface area contributed by atoms with Crippen LogP contribution in [0.3, 0.4) is 0 Å². The third-order valence-corrected chi connectivity index (χ3v) is 3.27. The van der Waals surface area contributed by atoms with E-state index in [0.29, 0.717) is 5.69 Å². The fourth-order valence-corrected chi connectivity index (χ4v) is 2.40. The van der Waals surface area contributed by atoms with E-state index in [1.807, 2.05) is 26.0 Å². The minimum absolute atomic E-state index is 0.625. The summed E-state index contributed by atoms with van der Waals surface area (Å²) in [6.45, 7) is 6.18. The van der Waals surface area contributed by atoms with Crippen LogP contribution in [0.1, 0.15) is 23.6 Å². The van der Waals surface area contributed by atoms with Crippen LogP contribution in [0.5, 0.6) is 0 Å². The summed E-state index contributed by atoms with van der Waals surface area (Å²) >= 11 is 0. The van der Waals surface area contributed by atoms with Gasteiger partial charge in [-0.3, -0.25) is 5.32 Å². The molecule has 2 aromatic rings. The molecule has 0 fully saturated rings. The van der Waals surface area contributed by atoms with Gasteiger partial charge in [-0.25, -0.2) is 4.79 Å². The molecule has 1 amide bonds. The van der Waals surface area contributed by atoms with Crippen molar-refractivity contribution < 1.29 is 9.90 Å². The highest BCUT2D eigenvalue weighted by Crippen LogP contribution is 2.31. The summed E-state index contributed by atoms with van der Waals surface area (Å²) in [5.41, 5.74) is 6.13. The highest BCUT2D eigenvalue weighted by Gasteiger charge is 2.09. The van der Waals surface area contributed by atoms with Gasteiger partial charge in [0.25, 0.3) is 0 Å². The number of benzene rings is 2. The largest absolute Gasteiger partial charge is 0.465 e. The number of anilines is 1. The quantitative estimate of drug-likeness (QED) is 0.854. The molecule has 0 saturated heterocycles. The van der Waals surface area contributed by atoms with Crippen LogP contribution in [-0.4, -0.2) is 11.2 Å². The monoisotopic (exact) mass is 269 g/mol. The van der Waals surface area contributed by atoms with E-state index in [0.717, 1.165) is 17.5 Å². The lowest BCUT2D eigenvalue weighted by molar-refractivity contribution is 0.210. The Morgan fingerprint density at radius 2 is 1.75 bits per heavy atom. The van der Waals surface area contributed by atoms with Crippen LogP contribution in [-0.2, 0) is 6.42 Å². The predicted molar refractivity (Wildman–Crippen MR) is 82.4 cm³/mol. The number of aryl methyl sites for hydroxylation is 3. The molecule has 2 aromatic carbocycles. The summed E-state index contributed by atoms with van der Waals surface area (Å²) in [6.07, 6.45) is -0.120. The first-order chi connectivity index (χ1) is 9.49. The van der Waals surface area contributed by atoms with Crippen molar-refractivity contribution >= 4 is 11.8 Å². The van der Waals surface area contributed by atoms with Gasteiger partial charge in [-0.05, 0) is 43.5 Å². The van der Waals surface area contributed by atoms with Gasteiger partial charge in [-0.15, -0.1) is 0 Å². The van der Waals surface area contributed by atoms with Crippen LogP contribution in [0.2, 0.25) is 0 Å². The lowest BCUT2D eigenvalue weighted by Gasteiger charge is -2.13. The first-order valence-electron chi connectivity index (χ1n) is 6.71. The lowest BCUT2D eigenvalue weighted by Crippen LogP contribution is -2.08. The van der Waals surface area contributed by atoms with E-state index in [-0.39, 0.29) is 0 Å². The molecule has 0 unspecified atom stereocenters. The predicted octanol–water partition coefficient (Wildman–Crippen LogP) is 4.62. The standard InChI is InChI=1S/C17H19NO2/c1-4-13-5-6-16(18-17(19)20)15(10-13)14-8-11(2)7-12(3)9-14/h5-10,18H,4H2,1-3H3,(H,19,20). The third kappa shape index (κ3) is 3.18. The molecule has 0 heterocycles. The highest BCUT2D eigenvalue weighted by molar-refractivity contribution is 5.90. The Hall–Kier alpha value is -2.29. The van der Waals surface area contributed by atoms with Crippen LogP contribution in [0, 0.1) is 13.8 Å². The molecule has 0 bridgehead atoms. The Balaban J connectivity index is 2.59. The lowest BCUT2D eigenvalue weighted by atomic mass is 9.97. The molecule has 20 heavy (non-hydrogen) atoms. The Kier molecular flexibility index (Phi) is 4.08. The molecule has 104 valence electrons. The van der Waals surface area contributed by atoms with E-state index < -0.39 is 6.09 Å². The second kappa shape index (κ2) is 5.78. The zero-order chi connectivity index (χ0) is 14.7. The van der Waals surface area contributed by atoms with Gasteiger partial charge in [0.15, 0.2) is 0 Å². The van der Waals surface area contributed by atoms with E-state index in [9.17, 15) is 4.79 Å². The fourth-order valence-electron chi connectivity index (χ4n) is 2.40. The molecular weight excluding hydrogens is 250 g/mol. The zero-order valence-electron chi connectivity index (χ0n) is 12.0. The normalized spacial score (nSPS) is 10.3. The fraction of sp³-hybridized carbons (Fsp3) is 0.235. The van der Waals surface area contributed by atoms with E-state index in [1.165, 1.54) is 16.7 Å². The van der Waals surface area contributed by atoms with Crippen LogP contribution in [0.4, 0.5) is 10.5 Å². The first kappa shape index (κ1) is 14.1. The minimum Gasteiger partial charge on any atom is -0.465 e. The van der Waals surface area contributed by atoms with Gasteiger partial charge in [-0.1, -0.05) is 42.3 Å². The molecule has 0 aliphatic carbocycles. The molecule has 2 N–H and O–H groups in total. The number of hydrogen-bond acceptors (Lipinski definition) is 1. The molecule has 2 rings (SSSR count). The number of nitrogens with one attached hydrogen (secondary N) is 1. The molecule has 3 heteroatoms. The van der Waals surface area contributed by atoms with Gasteiger partial charge in [0.05, 0.1) is 5.69 Å². The smallest absolute Gasteiger partial charge is 0.409 e. The van der Waals surface area contributed by atoms with E-state index >= 15 is 0 Å². The van der Waals surface area contributed by atoms with Crippen molar-refractivity contribution in [3.05, 3.63) is 53.1 Å². The minimum atomic E-state index is -1.04. The van der Waals surface area contributed by atoms with Crippen molar-refractivity contribution in [1.82, 2.24) is 0 Å². The zero-order valence-corrected chi connectivity index (χ0v) is 12.0. The van der Waals surface area contributed by atoms with Gasteiger partial charge in [0, 0.05) is 5.56 Å². The molecule has 0 atom stereocenters. The van der Waals surface area contributed by atoms with Crippen LogP contribution in [0.15, 0.2) is 36.4 Å². The Bertz CT molecular complexity index is 627. The summed E-state index contributed by atoms with van der Waals surface area (Å²) in [7, 11) is 0. The Labute approximate surface area is 119 Å². The molecule has 0 radical (unpaired) electrons. The van der Waals surface area contributed by atoms with Crippen molar-refractivity contribution in [3.8, 4) is 11.1 Å². The van der Waals surface area contributed by atoms with Crippen molar-refractivity contribution in [2.24, 2.45) is 0 Å². The topological polar surface area (TPSA) is 49.3 Å². The second-order valence-corrected chi connectivity index (χ2v) is 5.04. The van der Waals surface area contributed by atoms with Gasteiger partial charge >= 0.3 is 6.09 Å². The van der Waals surface area contributed by atoms with Crippen LogP contribution < -0.4 is 5.32 Å². The maximum absolute atomic E-state index is 10.9. The first-order valence-corrected chi connectivity index (χ1v) is 6.71. The number of carboxylic acid groups (broad SMARTS) is 1. The molecule has 0 aliphatic rings. The molecule has 0 aromatic heterocycles. The molecular formula is C17H19NO2. The average Bonchev–Trinajstić information content (AvgIpc) is 2.37.